The first-order valence-electron chi connectivity index (χ1n) is 4.71. The molecule has 2 nitrogen and oxygen atoms in total. The number of methoxy groups -OCH3 is 1. The Hall–Kier alpha value is -0.410. The molecule has 0 amide bonds. The van der Waals surface area contributed by atoms with Crippen LogP contribution in [0.1, 0.15) is 12.8 Å². The van der Waals surface area contributed by atoms with Gasteiger partial charge < -0.3 is 4.74 Å². The predicted octanol–water partition coefficient (Wildman–Crippen LogP) is 1.38. The van der Waals surface area contributed by atoms with E-state index in [4.69, 9.17) is 4.74 Å². The van der Waals surface area contributed by atoms with Gasteiger partial charge in [0, 0.05) is 26.6 Å². The molecule has 0 aliphatic carbocycles. The molecule has 0 unspecified atom stereocenters. The lowest BCUT2D eigenvalue weighted by atomic mass is 9.93. The Morgan fingerprint density at radius 2 is 2.54 bits per heavy atom. The molecule has 2 rings (SSSR count). The Labute approximate surface area is 78.4 Å². The monoisotopic (exact) mass is 185 g/mol. The maximum atomic E-state index is 13.2. The fraction of sp³-hybridized carbons (Fsp3) is 0.800. The lowest BCUT2D eigenvalue weighted by Gasteiger charge is -2.29. The first-order chi connectivity index (χ1) is 6.16. The Balaban J connectivity index is 2.16. The summed E-state index contributed by atoms with van der Waals surface area (Å²) in [6.07, 6.45) is 0.837. The van der Waals surface area contributed by atoms with Gasteiger partial charge in [0.1, 0.15) is 6.17 Å². The van der Waals surface area contributed by atoms with E-state index >= 15 is 0 Å². The van der Waals surface area contributed by atoms with Gasteiger partial charge in [-0.15, -0.1) is 0 Å². The van der Waals surface area contributed by atoms with Crippen LogP contribution in [0.25, 0.3) is 0 Å². The van der Waals surface area contributed by atoms with Crippen LogP contribution in [0.4, 0.5) is 4.39 Å². The van der Waals surface area contributed by atoms with Crippen LogP contribution in [0.3, 0.4) is 0 Å². The largest absolute Gasteiger partial charge is 0.383 e. The predicted molar refractivity (Wildman–Crippen MR) is 49.5 cm³/mol. The van der Waals surface area contributed by atoms with Crippen LogP contribution >= 0.6 is 0 Å². The highest BCUT2D eigenvalue weighted by atomic mass is 19.1. The maximum absolute atomic E-state index is 13.2. The molecule has 2 aliphatic heterocycles. The third-order valence-corrected chi connectivity index (χ3v) is 3.10. The van der Waals surface area contributed by atoms with Crippen molar-refractivity contribution in [1.82, 2.24) is 4.90 Å². The number of nitrogens with zero attached hydrogens (tertiary/aromatic N) is 1. The van der Waals surface area contributed by atoms with Crippen molar-refractivity contribution < 1.29 is 9.13 Å². The molecule has 0 spiro atoms. The molecular weight excluding hydrogens is 169 g/mol. The number of hydrogen-bond donors (Lipinski definition) is 0. The third-order valence-electron chi connectivity index (χ3n) is 3.10. The van der Waals surface area contributed by atoms with E-state index < -0.39 is 6.17 Å². The summed E-state index contributed by atoms with van der Waals surface area (Å²) < 4.78 is 18.4. The standard InChI is InChI=1S/C10H16FNO/c1-8-3-10(7-13-2)4-9(11)6-12(10)5-8/h9H,1,3-7H2,2H3/t9-,10-/m1/s1. The van der Waals surface area contributed by atoms with Crippen molar-refractivity contribution in [3.8, 4) is 0 Å². The summed E-state index contributed by atoms with van der Waals surface area (Å²) in [5, 5.41) is 0. The number of alkyl halides is 1. The normalized spacial score (nSPS) is 39.8. The van der Waals surface area contributed by atoms with E-state index in [2.05, 4.69) is 11.5 Å². The Morgan fingerprint density at radius 1 is 1.77 bits per heavy atom. The summed E-state index contributed by atoms with van der Waals surface area (Å²) in [6, 6.07) is 0. The van der Waals surface area contributed by atoms with E-state index in [0.29, 0.717) is 19.6 Å². The van der Waals surface area contributed by atoms with E-state index in [9.17, 15) is 4.39 Å². The molecule has 2 fully saturated rings. The van der Waals surface area contributed by atoms with Gasteiger partial charge in [-0.25, -0.2) is 4.39 Å². The zero-order chi connectivity index (χ0) is 9.47. The SMILES string of the molecule is C=C1CN2C[C@H](F)C[C@@]2(COC)C1. The van der Waals surface area contributed by atoms with Crippen molar-refractivity contribution in [3.05, 3.63) is 12.2 Å². The topological polar surface area (TPSA) is 12.5 Å². The third kappa shape index (κ3) is 1.40. The molecule has 2 aliphatic rings. The number of rotatable bonds is 2. The van der Waals surface area contributed by atoms with E-state index in [0.717, 1.165) is 13.0 Å². The molecule has 3 heteroatoms. The molecule has 0 aromatic carbocycles. The van der Waals surface area contributed by atoms with Gasteiger partial charge in [-0.1, -0.05) is 12.2 Å². The highest BCUT2D eigenvalue weighted by Crippen LogP contribution is 2.41. The van der Waals surface area contributed by atoms with Gasteiger partial charge in [0.15, 0.2) is 0 Å². The highest BCUT2D eigenvalue weighted by Gasteiger charge is 2.49. The zero-order valence-corrected chi connectivity index (χ0v) is 8.05. The molecule has 13 heavy (non-hydrogen) atoms. The first kappa shape index (κ1) is 9.16. The van der Waals surface area contributed by atoms with Gasteiger partial charge in [-0.3, -0.25) is 4.90 Å². The van der Waals surface area contributed by atoms with Crippen LogP contribution < -0.4 is 0 Å². The van der Waals surface area contributed by atoms with Crippen LogP contribution in [0, 0.1) is 0 Å². The maximum Gasteiger partial charge on any atom is 0.115 e. The van der Waals surface area contributed by atoms with Crippen LogP contribution in [0.2, 0.25) is 0 Å². The number of fused-ring (bicyclic) bond motifs is 1. The van der Waals surface area contributed by atoms with Crippen molar-refractivity contribution in [2.45, 2.75) is 24.6 Å². The van der Waals surface area contributed by atoms with E-state index in [1.807, 2.05) is 0 Å². The van der Waals surface area contributed by atoms with Crippen LogP contribution in [0.15, 0.2) is 12.2 Å². The fourth-order valence-electron chi connectivity index (χ4n) is 2.72. The fourth-order valence-corrected chi connectivity index (χ4v) is 2.72. The summed E-state index contributed by atoms with van der Waals surface area (Å²) in [4.78, 5) is 2.18. The Kier molecular flexibility index (Phi) is 2.16. The van der Waals surface area contributed by atoms with Gasteiger partial charge in [0.2, 0.25) is 0 Å². The van der Waals surface area contributed by atoms with Gasteiger partial charge in [0.25, 0.3) is 0 Å². The molecule has 0 aromatic heterocycles. The molecule has 0 radical (unpaired) electrons. The van der Waals surface area contributed by atoms with E-state index in [1.165, 1.54) is 5.57 Å². The van der Waals surface area contributed by atoms with Gasteiger partial charge in [-0.2, -0.15) is 0 Å². The zero-order valence-electron chi connectivity index (χ0n) is 8.05. The van der Waals surface area contributed by atoms with Crippen LogP contribution in [0.5, 0.6) is 0 Å². The molecule has 74 valence electrons. The van der Waals surface area contributed by atoms with Crippen molar-refractivity contribution in [3.63, 3.8) is 0 Å². The quantitative estimate of drug-likeness (QED) is 0.602. The smallest absolute Gasteiger partial charge is 0.115 e. The Morgan fingerprint density at radius 3 is 3.23 bits per heavy atom. The summed E-state index contributed by atoms with van der Waals surface area (Å²) in [5.41, 5.74) is 1.15. The summed E-state index contributed by atoms with van der Waals surface area (Å²) in [7, 11) is 1.68. The number of hydrogen-bond acceptors (Lipinski definition) is 2. The van der Waals surface area contributed by atoms with Crippen molar-refractivity contribution >= 4 is 0 Å². The van der Waals surface area contributed by atoms with Gasteiger partial charge in [-0.05, 0) is 6.42 Å². The highest BCUT2D eigenvalue weighted by molar-refractivity contribution is 5.19. The molecular formula is C10H16FNO. The molecule has 2 atom stereocenters. The number of halogens is 1. The molecule has 0 aromatic rings. The minimum Gasteiger partial charge on any atom is -0.383 e. The van der Waals surface area contributed by atoms with Crippen molar-refractivity contribution in [2.24, 2.45) is 0 Å². The molecule has 0 saturated carbocycles. The average Bonchev–Trinajstić information content (AvgIpc) is 2.40. The van der Waals surface area contributed by atoms with Crippen molar-refractivity contribution in [1.29, 1.82) is 0 Å². The second kappa shape index (κ2) is 3.07. The summed E-state index contributed by atoms with van der Waals surface area (Å²) in [6.45, 7) is 6.01. The van der Waals surface area contributed by atoms with E-state index in [-0.39, 0.29) is 5.54 Å². The van der Waals surface area contributed by atoms with Gasteiger partial charge >= 0.3 is 0 Å². The van der Waals surface area contributed by atoms with Crippen molar-refractivity contribution in [2.75, 3.05) is 26.8 Å². The Bertz CT molecular complexity index is 231. The molecule has 2 saturated heterocycles. The number of ether oxygens (including phenoxy) is 1. The molecule has 0 N–H and O–H groups in total. The summed E-state index contributed by atoms with van der Waals surface area (Å²) >= 11 is 0. The van der Waals surface area contributed by atoms with E-state index in [1.54, 1.807) is 7.11 Å². The van der Waals surface area contributed by atoms with Gasteiger partial charge in [0.05, 0.1) is 12.1 Å². The molecule has 0 bridgehead atoms. The minimum atomic E-state index is -0.678. The van der Waals surface area contributed by atoms with Crippen LogP contribution in [-0.2, 0) is 4.74 Å². The lowest BCUT2D eigenvalue weighted by Crippen LogP contribution is -2.42. The minimum absolute atomic E-state index is 0.0642. The lowest BCUT2D eigenvalue weighted by molar-refractivity contribution is 0.0653. The first-order valence-corrected chi connectivity index (χ1v) is 4.71. The second-order valence-corrected chi connectivity index (χ2v) is 4.27. The molecule has 2 heterocycles. The van der Waals surface area contributed by atoms with Crippen LogP contribution in [-0.4, -0.2) is 43.4 Å². The average molecular weight is 185 g/mol. The second-order valence-electron chi connectivity index (χ2n) is 4.27. The summed E-state index contributed by atoms with van der Waals surface area (Å²) in [5.74, 6) is 0.